The standard InChI is InChI=1S/C27H27ClN4O3/c1-17(33)32(15-14-31(2)3)21-9-7-20(8-10-21)29-26(18-4-11-22(34)12-5-18)25-23-13-6-19(28)16-24(23)30-27(25)35/h4-13,16,29,34H,14-15H2,1-3H3,(H,30,35). The molecule has 4 rings (SSSR count). The molecule has 0 aromatic heterocycles. The van der Waals surface area contributed by atoms with E-state index in [9.17, 15) is 14.7 Å². The van der Waals surface area contributed by atoms with E-state index in [4.69, 9.17) is 11.6 Å². The number of hydrogen-bond donors (Lipinski definition) is 3. The van der Waals surface area contributed by atoms with Gasteiger partial charge in [-0.05, 0) is 80.3 Å². The Hall–Kier alpha value is -3.81. The summed E-state index contributed by atoms with van der Waals surface area (Å²) in [4.78, 5) is 29.0. The van der Waals surface area contributed by atoms with Crippen LogP contribution < -0.4 is 15.5 Å². The molecule has 7 nitrogen and oxygen atoms in total. The molecule has 1 aliphatic rings. The van der Waals surface area contributed by atoms with Crippen molar-refractivity contribution < 1.29 is 14.7 Å². The van der Waals surface area contributed by atoms with Crippen molar-refractivity contribution in [2.24, 2.45) is 0 Å². The maximum Gasteiger partial charge on any atom is 0.258 e. The number of likely N-dealkylation sites (N-methyl/N-ethyl adjacent to an activating group) is 1. The zero-order valence-corrected chi connectivity index (χ0v) is 20.6. The summed E-state index contributed by atoms with van der Waals surface area (Å²) in [6.45, 7) is 2.88. The lowest BCUT2D eigenvalue weighted by molar-refractivity contribution is -0.116. The Kier molecular flexibility index (Phi) is 7.10. The molecular weight excluding hydrogens is 464 g/mol. The maximum atomic E-state index is 13.0. The van der Waals surface area contributed by atoms with Crippen molar-refractivity contribution in [2.45, 2.75) is 6.92 Å². The van der Waals surface area contributed by atoms with Crippen LogP contribution in [0, 0.1) is 0 Å². The molecule has 1 heterocycles. The number of halogens is 1. The van der Waals surface area contributed by atoms with Crippen LogP contribution in [0.3, 0.4) is 0 Å². The Morgan fingerprint density at radius 3 is 2.31 bits per heavy atom. The second-order valence-electron chi connectivity index (χ2n) is 8.59. The van der Waals surface area contributed by atoms with Gasteiger partial charge in [-0.2, -0.15) is 0 Å². The fourth-order valence-electron chi connectivity index (χ4n) is 3.94. The fourth-order valence-corrected chi connectivity index (χ4v) is 4.11. The predicted octanol–water partition coefficient (Wildman–Crippen LogP) is 4.89. The number of phenols is 1. The van der Waals surface area contributed by atoms with Gasteiger partial charge >= 0.3 is 0 Å². The molecule has 3 aromatic rings. The first kappa shape index (κ1) is 24.3. The normalized spacial score (nSPS) is 13.9. The van der Waals surface area contributed by atoms with Gasteiger partial charge in [-0.15, -0.1) is 0 Å². The summed E-state index contributed by atoms with van der Waals surface area (Å²) in [5.41, 5.74) is 4.71. The van der Waals surface area contributed by atoms with E-state index >= 15 is 0 Å². The highest BCUT2D eigenvalue weighted by Crippen LogP contribution is 2.39. The van der Waals surface area contributed by atoms with Gasteiger partial charge in [0.15, 0.2) is 0 Å². The van der Waals surface area contributed by atoms with Gasteiger partial charge in [-0.25, -0.2) is 0 Å². The average Bonchev–Trinajstić information content (AvgIpc) is 3.13. The van der Waals surface area contributed by atoms with E-state index in [1.165, 1.54) is 0 Å². The van der Waals surface area contributed by atoms with Crippen LogP contribution in [0.5, 0.6) is 5.75 Å². The minimum Gasteiger partial charge on any atom is -0.508 e. The number of amides is 2. The molecule has 180 valence electrons. The number of nitrogens with one attached hydrogen (secondary N) is 2. The molecule has 0 atom stereocenters. The summed E-state index contributed by atoms with van der Waals surface area (Å²) in [5, 5.41) is 16.6. The maximum absolute atomic E-state index is 13.0. The predicted molar refractivity (Wildman–Crippen MR) is 142 cm³/mol. The Morgan fingerprint density at radius 1 is 1.00 bits per heavy atom. The monoisotopic (exact) mass is 490 g/mol. The third-order valence-electron chi connectivity index (χ3n) is 5.73. The van der Waals surface area contributed by atoms with Crippen molar-refractivity contribution in [1.82, 2.24) is 4.90 Å². The van der Waals surface area contributed by atoms with Gasteiger partial charge in [0.25, 0.3) is 5.91 Å². The molecule has 0 radical (unpaired) electrons. The zero-order chi connectivity index (χ0) is 25.1. The summed E-state index contributed by atoms with van der Waals surface area (Å²) < 4.78 is 0. The molecule has 0 bridgehead atoms. The lowest BCUT2D eigenvalue weighted by atomic mass is 10.00. The summed E-state index contributed by atoms with van der Waals surface area (Å²) in [5.74, 6) is -0.147. The molecule has 3 N–H and O–H groups in total. The highest BCUT2D eigenvalue weighted by atomic mass is 35.5. The summed E-state index contributed by atoms with van der Waals surface area (Å²) in [6, 6.07) is 19.4. The fraction of sp³-hybridized carbons (Fsp3) is 0.185. The number of phenolic OH excluding ortho intramolecular Hbond substituents is 1. The number of rotatable bonds is 7. The highest BCUT2D eigenvalue weighted by molar-refractivity contribution is 6.38. The lowest BCUT2D eigenvalue weighted by Gasteiger charge is -2.23. The first-order chi connectivity index (χ1) is 16.7. The molecule has 0 unspecified atom stereocenters. The molecule has 0 spiro atoms. The van der Waals surface area contributed by atoms with Crippen LogP contribution in [0.4, 0.5) is 17.1 Å². The molecule has 0 aliphatic carbocycles. The van der Waals surface area contributed by atoms with Crippen LogP contribution in [-0.2, 0) is 9.59 Å². The second-order valence-corrected chi connectivity index (χ2v) is 9.02. The molecule has 35 heavy (non-hydrogen) atoms. The molecule has 8 heteroatoms. The van der Waals surface area contributed by atoms with E-state index in [1.54, 1.807) is 48.2 Å². The second kappa shape index (κ2) is 10.2. The van der Waals surface area contributed by atoms with Crippen molar-refractivity contribution in [2.75, 3.05) is 42.7 Å². The Bertz CT molecular complexity index is 1280. The van der Waals surface area contributed by atoms with Gasteiger partial charge in [0.2, 0.25) is 5.91 Å². The number of hydrogen-bond acceptors (Lipinski definition) is 5. The largest absolute Gasteiger partial charge is 0.508 e. The molecule has 0 saturated heterocycles. The van der Waals surface area contributed by atoms with Gasteiger partial charge in [0, 0.05) is 42.0 Å². The Balaban J connectivity index is 1.72. The molecule has 2 amide bonds. The number of fused-ring (bicyclic) bond motifs is 1. The van der Waals surface area contributed by atoms with Crippen LogP contribution >= 0.6 is 11.6 Å². The average molecular weight is 491 g/mol. The van der Waals surface area contributed by atoms with E-state index in [0.717, 1.165) is 29.0 Å². The number of anilines is 3. The van der Waals surface area contributed by atoms with Crippen molar-refractivity contribution in [3.63, 3.8) is 0 Å². The third kappa shape index (κ3) is 5.48. The molecule has 0 fully saturated rings. The van der Waals surface area contributed by atoms with Crippen molar-refractivity contribution in [3.05, 3.63) is 82.9 Å². The SMILES string of the molecule is CC(=O)N(CCN(C)C)c1ccc(NC(=C2C(=O)Nc3cc(Cl)ccc32)c2ccc(O)cc2)cc1. The molecule has 1 aliphatic heterocycles. The quantitative estimate of drug-likeness (QED) is 0.410. The van der Waals surface area contributed by atoms with Gasteiger partial charge in [0.05, 0.1) is 17.0 Å². The van der Waals surface area contributed by atoms with Crippen LogP contribution in [0.1, 0.15) is 18.1 Å². The van der Waals surface area contributed by atoms with E-state index in [2.05, 4.69) is 10.6 Å². The van der Waals surface area contributed by atoms with Crippen molar-refractivity contribution >= 4 is 51.7 Å². The molecule has 3 aromatic carbocycles. The van der Waals surface area contributed by atoms with Crippen LogP contribution in [-0.4, -0.2) is 49.0 Å². The Morgan fingerprint density at radius 2 is 1.69 bits per heavy atom. The van der Waals surface area contributed by atoms with E-state index in [-0.39, 0.29) is 17.6 Å². The number of aromatic hydroxyl groups is 1. The minimum absolute atomic E-state index is 0.0302. The third-order valence-corrected chi connectivity index (χ3v) is 5.97. The van der Waals surface area contributed by atoms with E-state index in [1.807, 2.05) is 49.3 Å². The van der Waals surface area contributed by atoms with Crippen LogP contribution in [0.15, 0.2) is 66.7 Å². The summed E-state index contributed by atoms with van der Waals surface area (Å²) in [7, 11) is 3.93. The van der Waals surface area contributed by atoms with Crippen molar-refractivity contribution in [3.8, 4) is 5.75 Å². The zero-order valence-electron chi connectivity index (χ0n) is 19.8. The summed E-state index contributed by atoms with van der Waals surface area (Å²) in [6.07, 6.45) is 0. The van der Waals surface area contributed by atoms with Gasteiger partial charge in [0.1, 0.15) is 5.75 Å². The molecular formula is C27H27ClN4O3. The first-order valence-electron chi connectivity index (χ1n) is 11.2. The van der Waals surface area contributed by atoms with E-state index in [0.29, 0.717) is 28.5 Å². The van der Waals surface area contributed by atoms with Gasteiger partial charge in [-0.1, -0.05) is 17.7 Å². The number of carbonyl (C=O) groups is 2. The smallest absolute Gasteiger partial charge is 0.258 e. The first-order valence-corrected chi connectivity index (χ1v) is 11.6. The van der Waals surface area contributed by atoms with Gasteiger partial charge in [-0.3, -0.25) is 9.59 Å². The minimum atomic E-state index is -0.249. The number of nitrogens with zero attached hydrogens (tertiary/aromatic N) is 2. The molecule has 0 saturated carbocycles. The van der Waals surface area contributed by atoms with Gasteiger partial charge < -0.3 is 25.5 Å². The van der Waals surface area contributed by atoms with E-state index < -0.39 is 0 Å². The number of carbonyl (C=O) groups excluding carboxylic acids is 2. The summed E-state index contributed by atoms with van der Waals surface area (Å²) >= 11 is 6.12. The lowest BCUT2D eigenvalue weighted by Crippen LogP contribution is -2.35. The van der Waals surface area contributed by atoms with Crippen LogP contribution in [0.25, 0.3) is 11.3 Å². The highest BCUT2D eigenvalue weighted by Gasteiger charge is 2.28. The Labute approximate surface area is 209 Å². The van der Waals surface area contributed by atoms with Crippen LogP contribution in [0.2, 0.25) is 5.02 Å². The topological polar surface area (TPSA) is 84.9 Å². The van der Waals surface area contributed by atoms with Crippen molar-refractivity contribution in [1.29, 1.82) is 0 Å². The number of benzene rings is 3.